The van der Waals surface area contributed by atoms with E-state index in [9.17, 15) is 9.90 Å². The van der Waals surface area contributed by atoms with Gasteiger partial charge >= 0.3 is 0 Å². The van der Waals surface area contributed by atoms with Crippen LogP contribution in [0.25, 0.3) is 6.08 Å². The summed E-state index contributed by atoms with van der Waals surface area (Å²) in [7, 11) is 1.67. The number of pyridine rings is 1. The van der Waals surface area contributed by atoms with Crippen LogP contribution in [-0.2, 0) is 4.79 Å². The molecule has 116 valence electrons. The lowest BCUT2D eigenvalue weighted by atomic mass is 10.2. The van der Waals surface area contributed by atoms with E-state index >= 15 is 0 Å². The topological polar surface area (TPSA) is 65.8 Å². The van der Waals surface area contributed by atoms with Gasteiger partial charge in [-0.2, -0.15) is 0 Å². The predicted molar refractivity (Wildman–Crippen MR) is 92.5 cm³/mol. The highest BCUT2D eigenvalue weighted by molar-refractivity contribution is 8.18. The fourth-order valence-electron chi connectivity index (χ4n) is 2.10. The van der Waals surface area contributed by atoms with E-state index in [1.54, 1.807) is 37.7 Å². The summed E-state index contributed by atoms with van der Waals surface area (Å²) in [6.07, 6.45) is 5.17. The summed E-state index contributed by atoms with van der Waals surface area (Å²) in [5, 5.41) is 10.5. The van der Waals surface area contributed by atoms with Crippen LogP contribution in [0.2, 0.25) is 0 Å². The van der Waals surface area contributed by atoms with Crippen molar-refractivity contribution in [3.05, 3.63) is 58.8 Å². The minimum Gasteiger partial charge on any atom is -0.506 e. The molecule has 0 saturated carbocycles. The highest BCUT2D eigenvalue weighted by Crippen LogP contribution is 2.35. The Labute approximate surface area is 138 Å². The van der Waals surface area contributed by atoms with Gasteiger partial charge in [-0.1, -0.05) is 12.1 Å². The Hall–Kier alpha value is -2.60. The number of phenols is 1. The Morgan fingerprint density at radius 2 is 2.17 bits per heavy atom. The molecule has 0 unspecified atom stereocenters. The smallest absolute Gasteiger partial charge is 0.266 e. The van der Waals surface area contributed by atoms with Crippen LogP contribution in [0.1, 0.15) is 11.1 Å². The summed E-state index contributed by atoms with van der Waals surface area (Å²) in [4.78, 5) is 22.8. The van der Waals surface area contributed by atoms with E-state index in [4.69, 9.17) is 0 Å². The molecule has 1 aromatic heterocycles. The number of aromatic nitrogens is 1. The quantitative estimate of drug-likeness (QED) is 0.860. The number of amidine groups is 1. The van der Waals surface area contributed by atoms with Crippen molar-refractivity contribution in [2.24, 2.45) is 4.99 Å². The fourth-order valence-corrected chi connectivity index (χ4v) is 3.08. The van der Waals surface area contributed by atoms with E-state index in [1.807, 2.05) is 25.1 Å². The number of carbonyl (C=O) groups excluding carboxylic acids is 1. The van der Waals surface area contributed by atoms with E-state index in [2.05, 4.69) is 9.98 Å². The van der Waals surface area contributed by atoms with E-state index < -0.39 is 0 Å². The SMILES string of the molecule is Cc1ccc(N=C2S/C(=C\c3cccnc3)C(=O)N2C)c(O)c1. The van der Waals surface area contributed by atoms with Crippen LogP contribution in [0.4, 0.5) is 5.69 Å². The molecule has 0 aliphatic carbocycles. The van der Waals surface area contributed by atoms with Crippen LogP contribution >= 0.6 is 11.8 Å². The Kier molecular flexibility index (Phi) is 4.16. The number of aromatic hydroxyl groups is 1. The van der Waals surface area contributed by atoms with Gasteiger partial charge in [0.2, 0.25) is 0 Å². The number of carbonyl (C=O) groups is 1. The third-order valence-corrected chi connectivity index (χ3v) is 4.39. The van der Waals surface area contributed by atoms with E-state index in [1.165, 1.54) is 16.7 Å². The zero-order chi connectivity index (χ0) is 16.4. The fraction of sp³-hybridized carbons (Fsp3) is 0.118. The number of likely N-dealkylation sites (N-methyl/N-ethyl adjacent to an activating group) is 1. The van der Waals surface area contributed by atoms with E-state index in [-0.39, 0.29) is 11.7 Å². The van der Waals surface area contributed by atoms with Gasteiger partial charge in [-0.15, -0.1) is 0 Å². The predicted octanol–water partition coefficient (Wildman–Crippen LogP) is 3.33. The van der Waals surface area contributed by atoms with Gasteiger partial charge in [0.05, 0.1) is 4.91 Å². The highest BCUT2D eigenvalue weighted by Gasteiger charge is 2.30. The molecule has 2 heterocycles. The number of thioether (sulfide) groups is 1. The molecule has 0 atom stereocenters. The number of phenolic OH excluding ortho intramolecular Hbond substituents is 1. The summed E-state index contributed by atoms with van der Waals surface area (Å²) < 4.78 is 0. The molecule has 5 nitrogen and oxygen atoms in total. The molecule has 2 aromatic rings. The zero-order valence-electron chi connectivity index (χ0n) is 12.7. The molecule has 1 aliphatic rings. The molecule has 23 heavy (non-hydrogen) atoms. The third-order valence-electron chi connectivity index (χ3n) is 3.33. The average Bonchev–Trinajstić information content (AvgIpc) is 2.79. The number of aliphatic imine (C=N–C) groups is 1. The Balaban J connectivity index is 1.92. The molecule has 1 amide bonds. The molecule has 1 aliphatic heterocycles. The lowest BCUT2D eigenvalue weighted by Crippen LogP contribution is -2.23. The van der Waals surface area contributed by atoms with E-state index in [0.29, 0.717) is 15.8 Å². The van der Waals surface area contributed by atoms with Crippen molar-refractivity contribution in [3.8, 4) is 5.75 Å². The Morgan fingerprint density at radius 1 is 1.35 bits per heavy atom. The van der Waals surface area contributed by atoms with Gasteiger partial charge in [-0.3, -0.25) is 14.7 Å². The van der Waals surface area contributed by atoms with Crippen LogP contribution in [0.3, 0.4) is 0 Å². The standard InChI is InChI=1S/C17H15N3O2S/c1-11-5-6-13(14(21)8-11)19-17-20(2)16(22)15(23-17)9-12-4-3-7-18-10-12/h3-10,21H,1-2H3/b15-9-,19-17?. The van der Waals surface area contributed by atoms with Crippen LogP contribution in [0.5, 0.6) is 5.75 Å². The summed E-state index contributed by atoms with van der Waals surface area (Å²) in [5.41, 5.74) is 2.25. The first kappa shape index (κ1) is 15.3. The largest absolute Gasteiger partial charge is 0.506 e. The molecule has 0 bridgehead atoms. The lowest BCUT2D eigenvalue weighted by Gasteiger charge is -2.08. The molecule has 1 aromatic carbocycles. The molecule has 6 heteroatoms. The molecular weight excluding hydrogens is 310 g/mol. The maximum atomic E-state index is 12.3. The van der Waals surface area contributed by atoms with E-state index in [0.717, 1.165) is 11.1 Å². The number of hydrogen-bond donors (Lipinski definition) is 1. The second-order valence-electron chi connectivity index (χ2n) is 5.15. The Bertz CT molecular complexity index is 816. The molecule has 1 saturated heterocycles. The van der Waals surface area contributed by atoms with Gasteiger partial charge in [0.1, 0.15) is 11.4 Å². The van der Waals surface area contributed by atoms with Gasteiger partial charge < -0.3 is 5.11 Å². The monoisotopic (exact) mass is 325 g/mol. The summed E-state index contributed by atoms with van der Waals surface area (Å²) in [6.45, 7) is 1.89. The number of hydrogen-bond acceptors (Lipinski definition) is 5. The van der Waals surface area contributed by atoms with Crippen LogP contribution in [-0.4, -0.2) is 33.1 Å². The average molecular weight is 325 g/mol. The molecule has 0 radical (unpaired) electrons. The van der Waals surface area contributed by atoms with Crippen molar-refractivity contribution in [2.45, 2.75) is 6.92 Å². The Morgan fingerprint density at radius 3 is 2.87 bits per heavy atom. The normalized spacial score (nSPS) is 18.2. The van der Waals surface area contributed by atoms with Crippen molar-refractivity contribution in [1.82, 2.24) is 9.88 Å². The summed E-state index contributed by atoms with van der Waals surface area (Å²) in [5.74, 6) is -0.0205. The van der Waals surface area contributed by atoms with Gasteiger partial charge in [0.15, 0.2) is 5.17 Å². The van der Waals surface area contributed by atoms with Gasteiger partial charge in [-0.25, -0.2) is 4.99 Å². The van der Waals surface area contributed by atoms with Gasteiger partial charge in [-0.05, 0) is 54.1 Å². The van der Waals surface area contributed by atoms with Crippen molar-refractivity contribution >= 4 is 34.6 Å². The first-order chi connectivity index (χ1) is 11.0. The maximum Gasteiger partial charge on any atom is 0.266 e. The third kappa shape index (κ3) is 3.27. The molecule has 0 spiro atoms. The molecule has 1 N–H and O–H groups in total. The summed E-state index contributed by atoms with van der Waals surface area (Å²) in [6, 6.07) is 8.95. The second-order valence-corrected chi connectivity index (χ2v) is 6.16. The highest BCUT2D eigenvalue weighted by atomic mass is 32.2. The molecular formula is C17H15N3O2S. The second kappa shape index (κ2) is 6.26. The maximum absolute atomic E-state index is 12.3. The van der Waals surface area contributed by atoms with Crippen molar-refractivity contribution in [2.75, 3.05) is 7.05 Å². The first-order valence-electron chi connectivity index (χ1n) is 7.00. The van der Waals surface area contributed by atoms with Gasteiger partial charge in [0, 0.05) is 19.4 Å². The van der Waals surface area contributed by atoms with Crippen LogP contribution in [0, 0.1) is 6.92 Å². The van der Waals surface area contributed by atoms with Crippen LogP contribution < -0.4 is 0 Å². The minimum absolute atomic E-state index is 0.101. The number of rotatable bonds is 2. The molecule has 1 fully saturated rings. The lowest BCUT2D eigenvalue weighted by molar-refractivity contribution is -0.121. The van der Waals surface area contributed by atoms with Gasteiger partial charge in [0.25, 0.3) is 5.91 Å². The number of nitrogens with zero attached hydrogens (tertiary/aromatic N) is 3. The number of amides is 1. The zero-order valence-corrected chi connectivity index (χ0v) is 13.5. The minimum atomic E-state index is -0.121. The molecule has 3 rings (SSSR count). The number of aryl methyl sites for hydroxylation is 1. The first-order valence-corrected chi connectivity index (χ1v) is 7.82. The number of benzene rings is 1. The van der Waals surface area contributed by atoms with Crippen molar-refractivity contribution in [1.29, 1.82) is 0 Å². The van der Waals surface area contributed by atoms with Crippen molar-refractivity contribution in [3.63, 3.8) is 0 Å². The summed E-state index contributed by atoms with van der Waals surface area (Å²) >= 11 is 1.28. The van der Waals surface area contributed by atoms with Crippen molar-refractivity contribution < 1.29 is 9.90 Å². The van der Waals surface area contributed by atoms with Crippen LogP contribution in [0.15, 0.2) is 52.6 Å².